The lowest BCUT2D eigenvalue weighted by molar-refractivity contribution is 0.560. The smallest absolute Gasteiger partial charge is 0.0690 e. The van der Waals surface area contributed by atoms with E-state index in [4.69, 9.17) is 5.10 Å². The highest BCUT2D eigenvalue weighted by atomic mass is 15.3. The minimum Gasteiger partial charge on any atom is -0.272 e. The molecule has 0 saturated heterocycles. The van der Waals surface area contributed by atoms with Crippen molar-refractivity contribution in [1.29, 1.82) is 0 Å². The molecule has 2 nitrogen and oxygen atoms in total. The zero-order chi connectivity index (χ0) is 12.7. The van der Waals surface area contributed by atoms with Crippen LogP contribution < -0.4 is 0 Å². The molecule has 1 rings (SSSR count). The summed E-state index contributed by atoms with van der Waals surface area (Å²) in [7, 11) is 2.07. The third-order valence-corrected chi connectivity index (χ3v) is 2.96. The average molecular weight is 222 g/mol. The van der Waals surface area contributed by atoms with E-state index in [2.05, 4.69) is 60.2 Å². The fourth-order valence-electron chi connectivity index (χ4n) is 2.39. The zero-order valence-corrected chi connectivity index (χ0v) is 12.0. The van der Waals surface area contributed by atoms with Crippen molar-refractivity contribution in [1.82, 2.24) is 9.78 Å². The Morgan fingerprint density at radius 1 is 1.00 bits per heavy atom. The number of aryl methyl sites for hydroxylation is 1. The van der Waals surface area contributed by atoms with Gasteiger partial charge in [-0.15, -0.1) is 0 Å². The molecule has 1 aromatic heterocycles. The summed E-state index contributed by atoms with van der Waals surface area (Å²) in [6, 6.07) is 0. The van der Waals surface area contributed by atoms with E-state index in [1.54, 1.807) is 0 Å². The van der Waals surface area contributed by atoms with E-state index in [-0.39, 0.29) is 5.41 Å². The summed E-state index contributed by atoms with van der Waals surface area (Å²) in [6.07, 6.45) is 0. The molecule has 1 aromatic rings. The van der Waals surface area contributed by atoms with Gasteiger partial charge in [-0.3, -0.25) is 4.68 Å². The summed E-state index contributed by atoms with van der Waals surface area (Å²) in [4.78, 5) is 0. The van der Waals surface area contributed by atoms with Gasteiger partial charge < -0.3 is 0 Å². The van der Waals surface area contributed by atoms with Gasteiger partial charge in [0.1, 0.15) is 0 Å². The van der Waals surface area contributed by atoms with Gasteiger partial charge in [0.2, 0.25) is 0 Å². The van der Waals surface area contributed by atoms with Crippen LogP contribution in [0.5, 0.6) is 0 Å². The molecule has 0 saturated carbocycles. The molecule has 2 heteroatoms. The van der Waals surface area contributed by atoms with E-state index in [0.29, 0.717) is 11.8 Å². The SMILES string of the molecule is CC(C)c1nn(C)c(C(C)C)c1C(C)(C)C. The molecule has 0 atom stereocenters. The first-order chi connectivity index (χ1) is 7.16. The Morgan fingerprint density at radius 2 is 1.50 bits per heavy atom. The molecule has 0 unspecified atom stereocenters. The highest BCUT2D eigenvalue weighted by Gasteiger charge is 2.28. The maximum absolute atomic E-state index is 4.71. The Morgan fingerprint density at radius 3 is 1.81 bits per heavy atom. The van der Waals surface area contributed by atoms with Crippen LogP contribution in [0.1, 0.15) is 77.3 Å². The van der Waals surface area contributed by atoms with Gasteiger partial charge in [0, 0.05) is 18.3 Å². The van der Waals surface area contributed by atoms with Crippen LogP contribution in [0.3, 0.4) is 0 Å². The molecule has 0 aliphatic carbocycles. The van der Waals surface area contributed by atoms with E-state index in [0.717, 1.165) is 0 Å². The van der Waals surface area contributed by atoms with Gasteiger partial charge in [0.15, 0.2) is 0 Å². The summed E-state index contributed by atoms with van der Waals surface area (Å²) in [5, 5.41) is 4.71. The molecule has 1 heterocycles. The second-order valence-corrected chi connectivity index (χ2v) is 6.33. The molecule has 92 valence electrons. The minimum absolute atomic E-state index is 0.174. The van der Waals surface area contributed by atoms with E-state index in [9.17, 15) is 0 Å². The topological polar surface area (TPSA) is 17.8 Å². The molecule has 0 spiro atoms. The Bertz CT molecular complexity index is 365. The highest BCUT2D eigenvalue weighted by molar-refractivity contribution is 5.36. The third-order valence-electron chi connectivity index (χ3n) is 2.96. The summed E-state index contributed by atoms with van der Waals surface area (Å²) in [5.41, 5.74) is 4.27. The van der Waals surface area contributed by atoms with E-state index < -0.39 is 0 Å². The van der Waals surface area contributed by atoms with E-state index >= 15 is 0 Å². The van der Waals surface area contributed by atoms with E-state index in [1.165, 1.54) is 17.0 Å². The summed E-state index contributed by atoms with van der Waals surface area (Å²) in [5.74, 6) is 1.02. The molecule has 0 N–H and O–H groups in total. The molecule has 0 aliphatic heterocycles. The van der Waals surface area contributed by atoms with Crippen LogP contribution in [0.15, 0.2) is 0 Å². The standard InChI is InChI=1S/C14H26N2/c1-9(2)12-11(14(5,6)7)13(10(3)4)16(8)15-12/h9-10H,1-8H3. The van der Waals surface area contributed by atoms with Gasteiger partial charge in [-0.05, 0) is 17.3 Å². The fraction of sp³-hybridized carbons (Fsp3) is 0.786. The maximum Gasteiger partial charge on any atom is 0.0690 e. The van der Waals surface area contributed by atoms with Gasteiger partial charge in [-0.2, -0.15) is 5.10 Å². The van der Waals surface area contributed by atoms with Crippen molar-refractivity contribution < 1.29 is 0 Å². The minimum atomic E-state index is 0.174. The molecule has 0 amide bonds. The van der Waals surface area contributed by atoms with Crippen molar-refractivity contribution in [3.8, 4) is 0 Å². The Labute approximate surface area is 100 Å². The molecule has 0 radical (unpaired) electrons. The van der Waals surface area contributed by atoms with Crippen molar-refractivity contribution in [2.75, 3.05) is 0 Å². The fourth-order valence-corrected chi connectivity index (χ4v) is 2.39. The molecular formula is C14H26N2. The number of rotatable bonds is 2. The number of hydrogen-bond acceptors (Lipinski definition) is 1. The van der Waals surface area contributed by atoms with Gasteiger partial charge in [0.05, 0.1) is 5.69 Å². The number of aromatic nitrogens is 2. The summed E-state index contributed by atoms with van der Waals surface area (Å²) in [6.45, 7) is 15.8. The van der Waals surface area contributed by atoms with Crippen LogP contribution in [0.4, 0.5) is 0 Å². The van der Waals surface area contributed by atoms with Gasteiger partial charge in [-0.1, -0.05) is 48.5 Å². The van der Waals surface area contributed by atoms with Gasteiger partial charge >= 0.3 is 0 Å². The first-order valence-corrected chi connectivity index (χ1v) is 6.23. The molecule has 16 heavy (non-hydrogen) atoms. The molecule has 0 aromatic carbocycles. The van der Waals surface area contributed by atoms with Gasteiger partial charge in [-0.25, -0.2) is 0 Å². The lowest BCUT2D eigenvalue weighted by Crippen LogP contribution is -2.17. The monoisotopic (exact) mass is 222 g/mol. The predicted molar refractivity (Wildman–Crippen MR) is 70.1 cm³/mol. The lowest BCUT2D eigenvalue weighted by Gasteiger charge is -2.23. The van der Waals surface area contributed by atoms with Crippen LogP contribution in [0.25, 0.3) is 0 Å². The summed E-state index contributed by atoms with van der Waals surface area (Å²) < 4.78 is 2.07. The first kappa shape index (κ1) is 13.3. The van der Waals surface area contributed by atoms with Crippen molar-refractivity contribution in [2.45, 2.75) is 65.7 Å². The van der Waals surface area contributed by atoms with Crippen molar-refractivity contribution >= 4 is 0 Å². The van der Waals surface area contributed by atoms with E-state index in [1.807, 2.05) is 0 Å². The second kappa shape index (κ2) is 4.23. The zero-order valence-electron chi connectivity index (χ0n) is 12.0. The third kappa shape index (κ3) is 2.31. The average Bonchev–Trinajstić information content (AvgIpc) is 2.41. The van der Waals surface area contributed by atoms with Crippen LogP contribution in [-0.2, 0) is 12.5 Å². The van der Waals surface area contributed by atoms with Crippen LogP contribution in [0, 0.1) is 0 Å². The largest absolute Gasteiger partial charge is 0.272 e. The van der Waals surface area contributed by atoms with Crippen LogP contribution >= 0.6 is 0 Å². The molecular weight excluding hydrogens is 196 g/mol. The van der Waals surface area contributed by atoms with Crippen LogP contribution in [0.2, 0.25) is 0 Å². The lowest BCUT2D eigenvalue weighted by atomic mass is 9.81. The molecule has 0 aliphatic rings. The Hall–Kier alpha value is -0.790. The second-order valence-electron chi connectivity index (χ2n) is 6.33. The number of nitrogens with zero attached hydrogens (tertiary/aromatic N) is 2. The van der Waals surface area contributed by atoms with Crippen molar-refractivity contribution in [3.05, 3.63) is 17.0 Å². The molecule has 0 bridgehead atoms. The Balaban J connectivity index is 3.50. The summed E-state index contributed by atoms with van der Waals surface area (Å²) >= 11 is 0. The van der Waals surface area contributed by atoms with Crippen molar-refractivity contribution in [2.24, 2.45) is 7.05 Å². The van der Waals surface area contributed by atoms with Gasteiger partial charge in [0.25, 0.3) is 0 Å². The van der Waals surface area contributed by atoms with Crippen LogP contribution in [-0.4, -0.2) is 9.78 Å². The maximum atomic E-state index is 4.71. The Kier molecular flexibility index (Phi) is 3.51. The quantitative estimate of drug-likeness (QED) is 0.740. The van der Waals surface area contributed by atoms with Crippen molar-refractivity contribution in [3.63, 3.8) is 0 Å². The predicted octanol–water partition coefficient (Wildman–Crippen LogP) is 3.96. The molecule has 0 fully saturated rings. The normalized spacial score (nSPS) is 12.9. The first-order valence-electron chi connectivity index (χ1n) is 6.23. The highest BCUT2D eigenvalue weighted by Crippen LogP contribution is 2.35. The number of hydrogen-bond donors (Lipinski definition) is 0.